The maximum absolute atomic E-state index is 10.1. The van der Waals surface area contributed by atoms with Crippen LogP contribution in [0.15, 0.2) is 0 Å². The average molecular weight is 176 g/mol. The first-order valence-corrected chi connectivity index (χ1v) is 3.96. The number of carboxylic acid groups (broad SMARTS) is 1. The van der Waals surface area contributed by atoms with E-state index in [1.807, 2.05) is 0 Å². The first kappa shape index (κ1) is 11.4. The van der Waals surface area contributed by atoms with Gasteiger partial charge in [0.2, 0.25) is 0 Å². The molecule has 4 heteroatoms. The van der Waals surface area contributed by atoms with Crippen molar-refractivity contribution >= 4 is 5.97 Å². The summed E-state index contributed by atoms with van der Waals surface area (Å²) in [6.07, 6.45) is -0.111. The van der Waals surface area contributed by atoms with Crippen molar-refractivity contribution in [3.05, 3.63) is 0 Å². The van der Waals surface area contributed by atoms with Gasteiger partial charge in [-0.1, -0.05) is 0 Å². The van der Waals surface area contributed by atoms with E-state index in [0.29, 0.717) is 12.8 Å². The quantitative estimate of drug-likeness (QED) is 0.565. The van der Waals surface area contributed by atoms with Crippen LogP contribution in [0.2, 0.25) is 0 Å². The zero-order valence-corrected chi connectivity index (χ0v) is 7.45. The Kier molecular flexibility index (Phi) is 4.20. The van der Waals surface area contributed by atoms with Gasteiger partial charge in [-0.25, -0.2) is 0 Å². The van der Waals surface area contributed by atoms with Gasteiger partial charge in [-0.05, 0) is 26.7 Å². The molecule has 1 unspecified atom stereocenters. The van der Waals surface area contributed by atoms with Gasteiger partial charge in [-0.15, -0.1) is 0 Å². The summed E-state index contributed by atoms with van der Waals surface area (Å²) in [6, 6.07) is 0. The SMILES string of the molecule is CC(C)(O)C(O)CCCC(=O)O. The Labute approximate surface area is 71.8 Å². The molecule has 0 aromatic heterocycles. The molecule has 0 aliphatic carbocycles. The number of carboxylic acids is 1. The van der Waals surface area contributed by atoms with Crippen molar-refractivity contribution in [3.8, 4) is 0 Å². The molecule has 0 spiro atoms. The molecule has 0 fully saturated rings. The Morgan fingerprint density at radius 3 is 2.33 bits per heavy atom. The topological polar surface area (TPSA) is 77.8 Å². The van der Waals surface area contributed by atoms with Gasteiger partial charge in [0.25, 0.3) is 0 Å². The normalized spacial score (nSPS) is 14.3. The molecule has 72 valence electrons. The third-order valence-electron chi connectivity index (χ3n) is 1.68. The van der Waals surface area contributed by atoms with Crippen molar-refractivity contribution in [1.29, 1.82) is 0 Å². The number of aliphatic carboxylic acids is 1. The summed E-state index contributed by atoms with van der Waals surface area (Å²) in [5.74, 6) is -0.877. The van der Waals surface area contributed by atoms with E-state index in [9.17, 15) is 15.0 Å². The lowest BCUT2D eigenvalue weighted by Gasteiger charge is -2.23. The highest BCUT2D eigenvalue weighted by molar-refractivity contribution is 5.66. The molecule has 3 N–H and O–H groups in total. The van der Waals surface area contributed by atoms with Gasteiger partial charge in [0.05, 0.1) is 11.7 Å². The van der Waals surface area contributed by atoms with E-state index in [0.717, 1.165) is 0 Å². The van der Waals surface area contributed by atoms with Gasteiger partial charge in [-0.2, -0.15) is 0 Å². The zero-order valence-electron chi connectivity index (χ0n) is 7.45. The lowest BCUT2D eigenvalue weighted by molar-refractivity contribution is -0.137. The van der Waals surface area contributed by atoms with Crippen LogP contribution in [0.5, 0.6) is 0 Å². The summed E-state index contributed by atoms with van der Waals surface area (Å²) < 4.78 is 0. The van der Waals surface area contributed by atoms with Crippen LogP contribution < -0.4 is 0 Å². The van der Waals surface area contributed by atoms with E-state index < -0.39 is 17.7 Å². The Balaban J connectivity index is 3.58. The van der Waals surface area contributed by atoms with Crippen LogP contribution in [0.3, 0.4) is 0 Å². The largest absolute Gasteiger partial charge is 0.481 e. The van der Waals surface area contributed by atoms with Crippen molar-refractivity contribution in [2.45, 2.75) is 44.8 Å². The van der Waals surface area contributed by atoms with Gasteiger partial charge in [-0.3, -0.25) is 4.79 Å². The van der Waals surface area contributed by atoms with E-state index in [1.165, 1.54) is 13.8 Å². The number of carbonyl (C=O) groups is 1. The highest BCUT2D eigenvalue weighted by Crippen LogP contribution is 2.14. The fourth-order valence-corrected chi connectivity index (χ4v) is 0.800. The van der Waals surface area contributed by atoms with Crippen LogP contribution in [0.25, 0.3) is 0 Å². The summed E-state index contributed by atoms with van der Waals surface area (Å²) in [6.45, 7) is 3.00. The van der Waals surface area contributed by atoms with Crippen LogP contribution in [0.4, 0.5) is 0 Å². The van der Waals surface area contributed by atoms with Gasteiger partial charge >= 0.3 is 5.97 Å². The monoisotopic (exact) mass is 176 g/mol. The zero-order chi connectivity index (χ0) is 9.78. The molecule has 0 radical (unpaired) electrons. The van der Waals surface area contributed by atoms with Crippen LogP contribution in [0.1, 0.15) is 33.1 Å². The van der Waals surface area contributed by atoms with E-state index >= 15 is 0 Å². The van der Waals surface area contributed by atoms with Gasteiger partial charge in [0, 0.05) is 6.42 Å². The molecule has 0 aliphatic heterocycles. The number of aliphatic hydroxyl groups excluding tert-OH is 1. The molecule has 0 amide bonds. The van der Waals surface area contributed by atoms with E-state index in [2.05, 4.69) is 0 Å². The van der Waals surface area contributed by atoms with Crippen LogP contribution in [-0.4, -0.2) is 33.0 Å². The minimum Gasteiger partial charge on any atom is -0.481 e. The minimum absolute atomic E-state index is 0.0349. The molecule has 0 heterocycles. The van der Waals surface area contributed by atoms with Crippen molar-refractivity contribution < 1.29 is 20.1 Å². The Bertz CT molecular complexity index is 148. The van der Waals surface area contributed by atoms with Crippen molar-refractivity contribution in [2.24, 2.45) is 0 Å². The van der Waals surface area contributed by atoms with E-state index in [1.54, 1.807) is 0 Å². The summed E-state index contributed by atoms with van der Waals surface area (Å²) in [5.41, 5.74) is -1.14. The second-order valence-corrected chi connectivity index (χ2v) is 3.46. The summed E-state index contributed by atoms with van der Waals surface area (Å²) in [5, 5.41) is 26.8. The number of hydrogen-bond donors (Lipinski definition) is 3. The third-order valence-corrected chi connectivity index (χ3v) is 1.68. The third kappa shape index (κ3) is 5.09. The molecular weight excluding hydrogens is 160 g/mol. The standard InChI is InChI=1S/C8H16O4/c1-8(2,12)6(9)4-3-5-7(10)11/h6,9,12H,3-5H2,1-2H3,(H,10,11). The second kappa shape index (κ2) is 4.42. The van der Waals surface area contributed by atoms with Gasteiger partial charge < -0.3 is 15.3 Å². The summed E-state index contributed by atoms with van der Waals surface area (Å²) in [4.78, 5) is 10.1. The fourth-order valence-electron chi connectivity index (χ4n) is 0.800. The summed E-state index contributed by atoms with van der Waals surface area (Å²) in [7, 11) is 0. The fraction of sp³-hybridized carbons (Fsp3) is 0.875. The minimum atomic E-state index is -1.14. The lowest BCUT2D eigenvalue weighted by atomic mass is 9.97. The van der Waals surface area contributed by atoms with E-state index in [4.69, 9.17) is 5.11 Å². The first-order chi connectivity index (χ1) is 5.34. The average Bonchev–Trinajstić information content (AvgIpc) is 1.84. The van der Waals surface area contributed by atoms with Gasteiger partial charge in [0.1, 0.15) is 0 Å². The molecule has 1 atom stereocenters. The molecule has 0 saturated carbocycles. The molecule has 4 nitrogen and oxygen atoms in total. The lowest BCUT2D eigenvalue weighted by Crippen LogP contribution is -2.35. The molecular formula is C8H16O4. The summed E-state index contributed by atoms with van der Waals surface area (Å²) >= 11 is 0. The molecule has 0 aromatic carbocycles. The Hall–Kier alpha value is -0.610. The van der Waals surface area contributed by atoms with Gasteiger partial charge in [0.15, 0.2) is 0 Å². The number of rotatable bonds is 5. The molecule has 0 aromatic rings. The molecule has 0 rings (SSSR count). The molecule has 12 heavy (non-hydrogen) atoms. The molecule has 0 bridgehead atoms. The predicted octanol–water partition coefficient (Wildman–Crippen LogP) is 0.373. The Morgan fingerprint density at radius 2 is 2.00 bits per heavy atom. The molecule has 0 aliphatic rings. The smallest absolute Gasteiger partial charge is 0.303 e. The maximum Gasteiger partial charge on any atom is 0.303 e. The van der Waals surface area contributed by atoms with Crippen molar-refractivity contribution in [2.75, 3.05) is 0 Å². The van der Waals surface area contributed by atoms with E-state index in [-0.39, 0.29) is 6.42 Å². The highest BCUT2D eigenvalue weighted by atomic mass is 16.4. The predicted molar refractivity (Wildman–Crippen MR) is 43.8 cm³/mol. The maximum atomic E-state index is 10.1. The van der Waals surface area contributed by atoms with Crippen LogP contribution in [0, 0.1) is 0 Å². The highest BCUT2D eigenvalue weighted by Gasteiger charge is 2.23. The van der Waals surface area contributed by atoms with Crippen LogP contribution >= 0.6 is 0 Å². The first-order valence-electron chi connectivity index (χ1n) is 3.96. The second-order valence-electron chi connectivity index (χ2n) is 3.46. The van der Waals surface area contributed by atoms with Crippen LogP contribution in [-0.2, 0) is 4.79 Å². The Morgan fingerprint density at radius 1 is 1.50 bits per heavy atom. The van der Waals surface area contributed by atoms with Crippen molar-refractivity contribution in [1.82, 2.24) is 0 Å². The number of aliphatic hydroxyl groups is 2. The molecule has 0 saturated heterocycles. The number of hydrogen-bond acceptors (Lipinski definition) is 3. The van der Waals surface area contributed by atoms with Crippen molar-refractivity contribution in [3.63, 3.8) is 0 Å².